The van der Waals surface area contributed by atoms with E-state index >= 15 is 0 Å². The summed E-state index contributed by atoms with van der Waals surface area (Å²) in [6.07, 6.45) is 0. The van der Waals surface area contributed by atoms with E-state index < -0.39 is 0 Å². The summed E-state index contributed by atoms with van der Waals surface area (Å²) in [7, 11) is 0. The molecular formula is C17H17ClN4OS. The Balaban J connectivity index is 1.91. The van der Waals surface area contributed by atoms with Gasteiger partial charge in [0.1, 0.15) is 4.88 Å². The lowest BCUT2D eigenvalue weighted by Crippen LogP contribution is -2.12. The van der Waals surface area contributed by atoms with Crippen LogP contribution in [0, 0.1) is 27.7 Å². The van der Waals surface area contributed by atoms with Gasteiger partial charge < -0.3 is 5.32 Å². The van der Waals surface area contributed by atoms with Crippen molar-refractivity contribution >= 4 is 34.5 Å². The lowest BCUT2D eigenvalue weighted by molar-refractivity contribution is 0.102. The summed E-state index contributed by atoms with van der Waals surface area (Å²) in [5.74, 6) is -0.192. The van der Waals surface area contributed by atoms with Crippen molar-refractivity contribution in [1.29, 1.82) is 0 Å². The number of aromatic nitrogens is 3. The number of thiazole rings is 1. The van der Waals surface area contributed by atoms with E-state index in [0.717, 1.165) is 17.0 Å². The zero-order chi connectivity index (χ0) is 17.4. The lowest BCUT2D eigenvalue weighted by atomic mass is 10.2. The van der Waals surface area contributed by atoms with Crippen molar-refractivity contribution in [2.75, 3.05) is 5.32 Å². The molecule has 0 aliphatic heterocycles. The number of anilines is 1. The Bertz CT molecular complexity index is 929. The van der Waals surface area contributed by atoms with Crippen molar-refractivity contribution in [3.8, 4) is 5.13 Å². The maximum Gasteiger partial charge on any atom is 0.267 e. The fraction of sp³-hybridized carbons (Fsp3) is 0.235. The minimum atomic E-state index is -0.192. The van der Waals surface area contributed by atoms with E-state index in [9.17, 15) is 4.79 Å². The highest BCUT2D eigenvalue weighted by Crippen LogP contribution is 2.25. The molecule has 5 nitrogen and oxygen atoms in total. The van der Waals surface area contributed by atoms with E-state index in [1.807, 2.05) is 39.8 Å². The highest BCUT2D eigenvalue weighted by Gasteiger charge is 2.18. The average molecular weight is 361 g/mol. The fourth-order valence-corrected chi connectivity index (χ4v) is 3.56. The van der Waals surface area contributed by atoms with Gasteiger partial charge in [0, 0.05) is 16.4 Å². The molecule has 124 valence electrons. The summed E-state index contributed by atoms with van der Waals surface area (Å²) in [6.45, 7) is 7.64. The van der Waals surface area contributed by atoms with Crippen LogP contribution in [0.5, 0.6) is 0 Å². The summed E-state index contributed by atoms with van der Waals surface area (Å²) in [5, 5.41) is 8.60. The molecule has 0 radical (unpaired) electrons. The van der Waals surface area contributed by atoms with Gasteiger partial charge in [-0.1, -0.05) is 29.0 Å². The molecule has 0 saturated heterocycles. The van der Waals surface area contributed by atoms with Crippen molar-refractivity contribution in [2.45, 2.75) is 27.7 Å². The van der Waals surface area contributed by atoms with E-state index in [0.29, 0.717) is 26.4 Å². The van der Waals surface area contributed by atoms with Crippen LogP contribution < -0.4 is 5.32 Å². The largest absolute Gasteiger partial charge is 0.321 e. The number of amides is 1. The van der Waals surface area contributed by atoms with Gasteiger partial charge in [0.2, 0.25) is 5.13 Å². The van der Waals surface area contributed by atoms with E-state index in [-0.39, 0.29) is 5.91 Å². The predicted octanol–water partition coefficient (Wildman–Crippen LogP) is 4.47. The number of hydrogen-bond donors (Lipinski definition) is 1. The molecule has 2 aromatic heterocycles. The van der Waals surface area contributed by atoms with Crippen LogP contribution in [0.4, 0.5) is 5.69 Å². The molecule has 1 aromatic carbocycles. The third-order valence-electron chi connectivity index (χ3n) is 3.63. The Kier molecular flexibility index (Phi) is 4.43. The Morgan fingerprint density at radius 2 is 1.96 bits per heavy atom. The Morgan fingerprint density at radius 1 is 1.21 bits per heavy atom. The molecule has 0 bridgehead atoms. The van der Waals surface area contributed by atoms with E-state index in [4.69, 9.17) is 11.6 Å². The van der Waals surface area contributed by atoms with Crippen molar-refractivity contribution in [2.24, 2.45) is 0 Å². The number of benzene rings is 1. The van der Waals surface area contributed by atoms with Crippen LogP contribution in [0.25, 0.3) is 5.13 Å². The van der Waals surface area contributed by atoms with Gasteiger partial charge in [0.05, 0.1) is 11.4 Å². The minimum Gasteiger partial charge on any atom is -0.321 e. The molecule has 2 heterocycles. The first kappa shape index (κ1) is 16.7. The molecule has 24 heavy (non-hydrogen) atoms. The Hall–Kier alpha value is -2.18. The zero-order valence-electron chi connectivity index (χ0n) is 13.8. The molecule has 0 aliphatic carbocycles. The van der Waals surface area contributed by atoms with Gasteiger partial charge in [-0.2, -0.15) is 5.10 Å². The fourth-order valence-electron chi connectivity index (χ4n) is 2.41. The second-order valence-corrected chi connectivity index (χ2v) is 7.08. The van der Waals surface area contributed by atoms with E-state index in [1.54, 1.807) is 16.8 Å². The quantitative estimate of drug-likeness (QED) is 0.749. The normalized spacial score (nSPS) is 10.9. The first-order valence-electron chi connectivity index (χ1n) is 7.43. The number of rotatable bonds is 3. The van der Waals surface area contributed by atoms with Gasteiger partial charge in [-0.25, -0.2) is 9.67 Å². The number of aryl methyl sites for hydroxylation is 4. The first-order valence-corrected chi connectivity index (χ1v) is 8.63. The molecule has 3 aromatic rings. The van der Waals surface area contributed by atoms with Crippen molar-refractivity contribution < 1.29 is 4.79 Å². The van der Waals surface area contributed by atoms with Crippen molar-refractivity contribution in [1.82, 2.24) is 14.8 Å². The van der Waals surface area contributed by atoms with Crippen LogP contribution in [0.2, 0.25) is 5.02 Å². The van der Waals surface area contributed by atoms with Gasteiger partial charge in [-0.05, 0) is 51.5 Å². The molecule has 1 N–H and O–H groups in total. The summed E-state index contributed by atoms with van der Waals surface area (Å²) < 4.78 is 1.76. The van der Waals surface area contributed by atoms with E-state index in [2.05, 4.69) is 15.4 Å². The molecule has 0 fully saturated rings. The first-order chi connectivity index (χ1) is 11.3. The number of hydrogen-bond acceptors (Lipinski definition) is 4. The highest BCUT2D eigenvalue weighted by molar-refractivity contribution is 7.16. The van der Waals surface area contributed by atoms with Gasteiger partial charge in [0.25, 0.3) is 5.91 Å². The third kappa shape index (κ3) is 3.20. The molecule has 0 unspecified atom stereocenters. The molecule has 0 spiro atoms. The summed E-state index contributed by atoms with van der Waals surface area (Å²) >= 11 is 7.33. The van der Waals surface area contributed by atoms with Gasteiger partial charge in [-0.15, -0.1) is 0 Å². The molecule has 3 rings (SSSR count). The maximum atomic E-state index is 12.6. The molecule has 1 amide bonds. The van der Waals surface area contributed by atoms with Gasteiger partial charge >= 0.3 is 0 Å². The van der Waals surface area contributed by atoms with Crippen LogP contribution in [0.3, 0.4) is 0 Å². The SMILES string of the molecule is Cc1cc(C)n(-c2nc(C)c(C(=O)Nc3cc(Cl)ccc3C)s2)n1. The molecule has 0 atom stereocenters. The van der Waals surface area contributed by atoms with Crippen LogP contribution in [-0.4, -0.2) is 20.7 Å². The second-order valence-electron chi connectivity index (χ2n) is 5.66. The monoisotopic (exact) mass is 360 g/mol. The average Bonchev–Trinajstić information content (AvgIpc) is 3.05. The van der Waals surface area contributed by atoms with E-state index in [1.165, 1.54) is 11.3 Å². The second kappa shape index (κ2) is 6.37. The summed E-state index contributed by atoms with van der Waals surface area (Å²) in [4.78, 5) is 17.7. The number of nitrogens with zero attached hydrogens (tertiary/aromatic N) is 3. The lowest BCUT2D eigenvalue weighted by Gasteiger charge is -2.07. The number of carbonyl (C=O) groups excluding carboxylic acids is 1. The zero-order valence-corrected chi connectivity index (χ0v) is 15.4. The van der Waals surface area contributed by atoms with Crippen molar-refractivity contribution in [3.05, 3.63) is 56.8 Å². The highest BCUT2D eigenvalue weighted by atomic mass is 35.5. The van der Waals surface area contributed by atoms with Gasteiger partial charge in [-0.3, -0.25) is 4.79 Å². The number of carbonyl (C=O) groups is 1. The molecule has 0 saturated carbocycles. The number of nitrogens with one attached hydrogen (secondary N) is 1. The predicted molar refractivity (Wildman–Crippen MR) is 97.6 cm³/mol. The summed E-state index contributed by atoms with van der Waals surface area (Å²) in [5.41, 5.74) is 4.24. The number of halogens is 1. The molecule has 0 aliphatic rings. The smallest absolute Gasteiger partial charge is 0.267 e. The summed E-state index contributed by atoms with van der Waals surface area (Å²) in [6, 6.07) is 7.39. The Labute approximate surface area is 149 Å². The van der Waals surface area contributed by atoms with Crippen LogP contribution in [-0.2, 0) is 0 Å². The van der Waals surface area contributed by atoms with Crippen LogP contribution >= 0.6 is 22.9 Å². The van der Waals surface area contributed by atoms with Gasteiger partial charge in [0.15, 0.2) is 0 Å². The van der Waals surface area contributed by atoms with Crippen molar-refractivity contribution in [3.63, 3.8) is 0 Å². The molecule has 7 heteroatoms. The van der Waals surface area contributed by atoms with Crippen LogP contribution in [0.15, 0.2) is 24.3 Å². The maximum absolute atomic E-state index is 12.6. The Morgan fingerprint density at radius 3 is 2.62 bits per heavy atom. The molecular weight excluding hydrogens is 344 g/mol. The van der Waals surface area contributed by atoms with Crippen LogP contribution in [0.1, 0.15) is 32.3 Å². The third-order valence-corrected chi connectivity index (χ3v) is 5.00. The standard InChI is InChI=1S/C17H17ClN4OS/c1-9-5-6-13(18)8-14(9)20-16(23)15-12(4)19-17(24-15)22-11(3)7-10(2)21-22/h5-8H,1-4H3,(H,20,23). The minimum absolute atomic E-state index is 0.192. The topological polar surface area (TPSA) is 59.8 Å².